The smallest absolute Gasteiger partial charge is 0.334 e. The van der Waals surface area contributed by atoms with Crippen molar-refractivity contribution in [2.24, 2.45) is 0 Å². The standard InChI is InChI=1S/C23H24N2O4/c1-13-12-23(3,4)24-19-10-9-15(11-18(13)19)29-22(28)14(2)25-20(26)16-7-5-6-8-17(16)21(25)27/h5-11,13-14,24H,12H2,1-4H3/t13-,14+/m0/s1. The summed E-state index contributed by atoms with van der Waals surface area (Å²) >= 11 is 0. The minimum absolute atomic E-state index is 0.00457. The van der Waals surface area contributed by atoms with Gasteiger partial charge in [-0.1, -0.05) is 19.1 Å². The van der Waals surface area contributed by atoms with Crippen molar-refractivity contribution in [3.05, 3.63) is 59.2 Å². The molecular formula is C23H24N2O4. The molecule has 0 aliphatic carbocycles. The van der Waals surface area contributed by atoms with Crippen molar-refractivity contribution in [3.8, 4) is 5.75 Å². The number of amides is 2. The summed E-state index contributed by atoms with van der Waals surface area (Å²) in [5.41, 5.74) is 2.75. The average molecular weight is 392 g/mol. The van der Waals surface area contributed by atoms with Crippen molar-refractivity contribution >= 4 is 23.5 Å². The normalized spacial score (nSPS) is 20.6. The van der Waals surface area contributed by atoms with Crippen molar-refractivity contribution in [1.29, 1.82) is 0 Å². The molecule has 6 heteroatoms. The highest BCUT2D eigenvalue weighted by Crippen LogP contribution is 2.40. The number of ether oxygens (including phenoxy) is 1. The number of imide groups is 1. The van der Waals surface area contributed by atoms with Crippen LogP contribution in [0.4, 0.5) is 5.69 Å². The van der Waals surface area contributed by atoms with Gasteiger partial charge >= 0.3 is 5.97 Å². The lowest BCUT2D eigenvalue weighted by Gasteiger charge is -2.37. The molecule has 2 atom stereocenters. The van der Waals surface area contributed by atoms with Crippen molar-refractivity contribution in [2.45, 2.75) is 51.6 Å². The van der Waals surface area contributed by atoms with E-state index in [0.29, 0.717) is 22.8 Å². The van der Waals surface area contributed by atoms with Crippen LogP contribution in [0.1, 0.15) is 66.3 Å². The number of carbonyl (C=O) groups is 3. The molecule has 0 saturated heterocycles. The average Bonchev–Trinajstić information content (AvgIpc) is 2.92. The molecule has 0 radical (unpaired) electrons. The molecule has 0 spiro atoms. The van der Waals surface area contributed by atoms with E-state index in [1.807, 2.05) is 12.1 Å². The Labute approximate surface area is 169 Å². The van der Waals surface area contributed by atoms with E-state index < -0.39 is 23.8 Å². The van der Waals surface area contributed by atoms with Gasteiger partial charge in [0, 0.05) is 11.2 Å². The lowest BCUT2D eigenvalue weighted by Crippen LogP contribution is -2.44. The van der Waals surface area contributed by atoms with E-state index in [4.69, 9.17) is 4.74 Å². The highest BCUT2D eigenvalue weighted by Gasteiger charge is 2.41. The number of nitrogens with one attached hydrogen (secondary N) is 1. The first-order chi connectivity index (χ1) is 13.7. The van der Waals surface area contributed by atoms with Gasteiger partial charge in [0.25, 0.3) is 11.8 Å². The van der Waals surface area contributed by atoms with Gasteiger partial charge in [-0.25, -0.2) is 4.79 Å². The van der Waals surface area contributed by atoms with Crippen LogP contribution in [0.25, 0.3) is 0 Å². The molecule has 0 saturated carbocycles. The molecule has 2 aliphatic heterocycles. The van der Waals surface area contributed by atoms with Crippen LogP contribution < -0.4 is 10.1 Å². The quantitative estimate of drug-likeness (QED) is 0.486. The molecule has 2 amide bonds. The van der Waals surface area contributed by atoms with E-state index in [1.165, 1.54) is 6.92 Å². The predicted octanol–water partition coefficient (Wildman–Crippen LogP) is 3.97. The number of rotatable bonds is 3. The third-order valence-corrected chi connectivity index (χ3v) is 5.62. The van der Waals surface area contributed by atoms with E-state index in [2.05, 4.69) is 26.1 Å². The molecule has 0 bridgehead atoms. The fraction of sp³-hybridized carbons (Fsp3) is 0.348. The maximum atomic E-state index is 12.7. The number of fused-ring (bicyclic) bond motifs is 2. The zero-order valence-corrected chi connectivity index (χ0v) is 17.0. The van der Waals surface area contributed by atoms with Crippen LogP contribution in [0.3, 0.4) is 0 Å². The van der Waals surface area contributed by atoms with Crippen LogP contribution in [-0.4, -0.2) is 34.3 Å². The monoisotopic (exact) mass is 392 g/mol. The summed E-state index contributed by atoms with van der Waals surface area (Å²) in [6.07, 6.45) is 0.961. The first-order valence-corrected chi connectivity index (χ1v) is 9.79. The molecule has 150 valence electrons. The molecular weight excluding hydrogens is 368 g/mol. The zero-order chi connectivity index (χ0) is 20.9. The van der Waals surface area contributed by atoms with Crippen molar-refractivity contribution in [3.63, 3.8) is 0 Å². The van der Waals surface area contributed by atoms with Crippen LogP contribution in [0.5, 0.6) is 5.75 Å². The SMILES string of the molecule is C[C@H](C(=O)Oc1ccc2c(c1)[C@@H](C)CC(C)(C)N2)N1C(=O)c2ccccc2C1=O. The number of hydrogen-bond acceptors (Lipinski definition) is 5. The number of anilines is 1. The second kappa shape index (κ2) is 6.72. The second-order valence-corrected chi connectivity index (χ2v) is 8.49. The minimum atomic E-state index is -1.02. The van der Waals surface area contributed by atoms with Crippen LogP contribution in [0.15, 0.2) is 42.5 Å². The zero-order valence-electron chi connectivity index (χ0n) is 17.0. The Morgan fingerprint density at radius 3 is 2.38 bits per heavy atom. The lowest BCUT2D eigenvalue weighted by molar-refractivity contribution is -0.138. The van der Waals surface area contributed by atoms with E-state index in [0.717, 1.165) is 22.6 Å². The maximum absolute atomic E-state index is 12.7. The molecule has 29 heavy (non-hydrogen) atoms. The molecule has 1 N–H and O–H groups in total. The van der Waals surface area contributed by atoms with Gasteiger partial charge in [-0.2, -0.15) is 0 Å². The van der Waals surface area contributed by atoms with E-state index >= 15 is 0 Å². The first kappa shape index (κ1) is 19.2. The fourth-order valence-electron chi connectivity index (χ4n) is 4.28. The van der Waals surface area contributed by atoms with Gasteiger partial charge in [0.2, 0.25) is 0 Å². The van der Waals surface area contributed by atoms with Gasteiger partial charge in [0.1, 0.15) is 11.8 Å². The van der Waals surface area contributed by atoms with E-state index in [-0.39, 0.29) is 5.54 Å². The summed E-state index contributed by atoms with van der Waals surface area (Å²) in [4.78, 5) is 38.9. The van der Waals surface area contributed by atoms with Gasteiger partial charge in [-0.3, -0.25) is 14.5 Å². The molecule has 6 nitrogen and oxygen atoms in total. The molecule has 2 aromatic carbocycles. The van der Waals surface area contributed by atoms with Crippen LogP contribution >= 0.6 is 0 Å². The van der Waals surface area contributed by atoms with Gasteiger partial charge in [-0.15, -0.1) is 0 Å². The Hall–Kier alpha value is -3.15. The first-order valence-electron chi connectivity index (χ1n) is 9.79. The predicted molar refractivity (Wildman–Crippen MR) is 109 cm³/mol. The topological polar surface area (TPSA) is 75.7 Å². The summed E-state index contributed by atoms with van der Waals surface area (Å²) in [6, 6.07) is 11.0. The summed E-state index contributed by atoms with van der Waals surface area (Å²) in [7, 11) is 0. The van der Waals surface area contributed by atoms with Crippen molar-refractivity contribution in [1.82, 2.24) is 4.90 Å². The Balaban J connectivity index is 1.53. The van der Waals surface area contributed by atoms with Gasteiger partial charge in [-0.05, 0) is 69.0 Å². The third-order valence-electron chi connectivity index (χ3n) is 5.62. The third kappa shape index (κ3) is 3.28. The molecule has 0 unspecified atom stereocenters. The van der Waals surface area contributed by atoms with Crippen molar-refractivity contribution < 1.29 is 19.1 Å². The molecule has 2 aliphatic rings. The molecule has 4 rings (SSSR count). The lowest BCUT2D eigenvalue weighted by atomic mass is 9.82. The van der Waals surface area contributed by atoms with Crippen molar-refractivity contribution in [2.75, 3.05) is 5.32 Å². The van der Waals surface area contributed by atoms with Gasteiger partial charge < -0.3 is 10.1 Å². The molecule has 2 aromatic rings. The Morgan fingerprint density at radius 2 is 1.76 bits per heavy atom. The van der Waals surface area contributed by atoms with Gasteiger partial charge in [0.15, 0.2) is 0 Å². The Morgan fingerprint density at radius 1 is 1.14 bits per heavy atom. The number of esters is 1. The number of nitrogens with zero attached hydrogens (tertiary/aromatic N) is 1. The number of benzene rings is 2. The molecule has 0 fully saturated rings. The summed E-state index contributed by atoms with van der Waals surface area (Å²) in [5, 5.41) is 3.50. The summed E-state index contributed by atoms with van der Waals surface area (Å²) < 4.78 is 5.54. The van der Waals surface area contributed by atoms with E-state index in [9.17, 15) is 14.4 Å². The largest absolute Gasteiger partial charge is 0.425 e. The summed E-state index contributed by atoms with van der Waals surface area (Å²) in [6.45, 7) is 7.97. The van der Waals surface area contributed by atoms with Crippen LogP contribution in [0, 0.1) is 0 Å². The minimum Gasteiger partial charge on any atom is -0.425 e. The maximum Gasteiger partial charge on any atom is 0.334 e. The van der Waals surface area contributed by atoms with E-state index in [1.54, 1.807) is 30.3 Å². The molecule has 0 aromatic heterocycles. The van der Waals surface area contributed by atoms with Gasteiger partial charge in [0.05, 0.1) is 11.1 Å². The van der Waals surface area contributed by atoms with Crippen LogP contribution in [0.2, 0.25) is 0 Å². The Kier molecular flexibility index (Phi) is 4.45. The highest BCUT2D eigenvalue weighted by atomic mass is 16.5. The molecule has 2 heterocycles. The van der Waals surface area contributed by atoms with Crippen LogP contribution in [-0.2, 0) is 4.79 Å². The number of hydrogen-bond donors (Lipinski definition) is 1. The second-order valence-electron chi connectivity index (χ2n) is 8.49. The fourth-order valence-corrected chi connectivity index (χ4v) is 4.28. The summed E-state index contributed by atoms with van der Waals surface area (Å²) in [5.74, 6) is -0.864. The highest BCUT2D eigenvalue weighted by molar-refractivity contribution is 6.22. The Bertz CT molecular complexity index is 992. The number of carbonyl (C=O) groups excluding carboxylic acids is 3.